The Bertz CT molecular complexity index is 694. The average Bonchev–Trinajstić information content (AvgIpc) is 2.96. The molecule has 1 heterocycles. The Labute approximate surface area is 136 Å². The van der Waals surface area contributed by atoms with Crippen molar-refractivity contribution >= 4 is 27.3 Å². The van der Waals surface area contributed by atoms with E-state index in [4.69, 9.17) is 0 Å². The van der Waals surface area contributed by atoms with Gasteiger partial charge in [0.1, 0.15) is 0 Å². The van der Waals surface area contributed by atoms with Crippen LogP contribution in [0.4, 0.5) is 0 Å². The Morgan fingerprint density at radius 2 is 1.95 bits per heavy atom. The van der Waals surface area contributed by atoms with Gasteiger partial charge >= 0.3 is 0 Å². The summed E-state index contributed by atoms with van der Waals surface area (Å²) in [4.78, 5) is 14.2. The van der Waals surface area contributed by atoms with E-state index >= 15 is 0 Å². The molecule has 0 saturated heterocycles. The summed E-state index contributed by atoms with van der Waals surface area (Å²) in [6, 6.07) is 8.30. The monoisotopic (exact) mass is 314 g/mol. The van der Waals surface area contributed by atoms with Gasteiger partial charge in [0.15, 0.2) is 6.19 Å². The minimum absolute atomic E-state index is 0.0437. The van der Waals surface area contributed by atoms with Crippen molar-refractivity contribution in [2.45, 2.75) is 40.0 Å². The molecule has 2 aromatic rings. The summed E-state index contributed by atoms with van der Waals surface area (Å²) in [5.74, 6) is -0.0437. The molecule has 0 unspecified atom stereocenters. The lowest BCUT2D eigenvalue weighted by molar-refractivity contribution is -0.139. The second-order valence-electron chi connectivity index (χ2n) is 5.57. The number of hydrogen-bond acceptors (Lipinski definition) is 3. The first-order valence-electron chi connectivity index (χ1n) is 7.78. The molecular formula is C18H22N2OS. The highest BCUT2D eigenvalue weighted by atomic mass is 32.1. The van der Waals surface area contributed by atoms with Gasteiger partial charge in [-0.15, -0.1) is 11.3 Å². The zero-order chi connectivity index (χ0) is 16.2. The van der Waals surface area contributed by atoms with E-state index in [-0.39, 0.29) is 5.91 Å². The van der Waals surface area contributed by atoms with Gasteiger partial charge < -0.3 is 0 Å². The molecule has 0 radical (unpaired) electrons. The molecule has 1 amide bonds. The fourth-order valence-corrected chi connectivity index (χ4v) is 3.92. The van der Waals surface area contributed by atoms with Gasteiger partial charge in [0.25, 0.3) is 0 Å². The second kappa shape index (κ2) is 6.93. The van der Waals surface area contributed by atoms with Crippen molar-refractivity contribution < 1.29 is 4.79 Å². The van der Waals surface area contributed by atoms with Crippen LogP contribution in [0.5, 0.6) is 0 Å². The predicted molar refractivity (Wildman–Crippen MR) is 91.5 cm³/mol. The fraction of sp³-hybridized carbons (Fsp3) is 0.444. The largest absolute Gasteiger partial charge is 0.273 e. The Morgan fingerprint density at radius 1 is 1.27 bits per heavy atom. The number of benzene rings is 1. The summed E-state index contributed by atoms with van der Waals surface area (Å²) in [5.41, 5.74) is 0.724. The highest BCUT2D eigenvalue weighted by Crippen LogP contribution is 2.37. The van der Waals surface area contributed by atoms with Gasteiger partial charge in [-0.2, -0.15) is 5.26 Å². The number of carbonyl (C=O) groups is 1. The molecule has 0 aliphatic carbocycles. The summed E-state index contributed by atoms with van der Waals surface area (Å²) in [6.45, 7) is 6.36. The van der Waals surface area contributed by atoms with Gasteiger partial charge in [-0.05, 0) is 48.6 Å². The second-order valence-corrected chi connectivity index (χ2v) is 6.48. The number of thiophene rings is 1. The van der Waals surface area contributed by atoms with E-state index < -0.39 is 5.41 Å². The minimum Gasteiger partial charge on any atom is -0.273 e. The molecule has 1 aromatic carbocycles. The highest BCUT2D eigenvalue weighted by Gasteiger charge is 2.38. The van der Waals surface area contributed by atoms with E-state index in [1.54, 1.807) is 11.3 Å². The third-order valence-corrected chi connectivity index (χ3v) is 5.59. The van der Waals surface area contributed by atoms with Crippen LogP contribution in [0.25, 0.3) is 10.1 Å². The van der Waals surface area contributed by atoms with Gasteiger partial charge in [-0.1, -0.05) is 32.0 Å². The fourth-order valence-electron chi connectivity index (χ4n) is 2.96. The van der Waals surface area contributed by atoms with E-state index in [9.17, 15) is 10.1 Å². The van der Waals surface area contributed by atoms with Crippen LogP contribution in [-0.2, 0) is 11.2 Å². The maximum Gasteiger partial charge on any atom is 0.242 e. The topological polar surface area (TPSA) is 44.1 Å². The average molecular weight is 314 g/mol. The molecule has 0 spiro atoms. The van der Waals surface area contributed by atoms with Gasteiger partial charge in [-0.3, -0.25) is 4.79 Å². The Hall–Kier alpha value is -1.86. The number of hydrogen-bond donors (Lipinski definition) is 0. The normalized spacial score (nSPS) is 11.4. The molecule has 4 heteroatoms. The van der Waals surface area contributed by atoms with Gasteiger partial charge in [0.2, 0.25) is 5.91 Å². The quantitative estimate of drug-likeness (QED) is 0.578. The summed E-state index contributed by atoms with van der Waals surface area (Å²) in [7, 11) is 0. The number of nitrogens with zero attached hydrogens (tertiary/aromatic N) is 2. The molecular weight excluding hydrogens is 292 g/mol. The molecule has 0 fully saturated rings. The maximum absolute atomic E-state index is 12.9. The zero-order valence-electron chi connectivity index (χ0n) is 13.4. The zero-order valence-corrected chi connectivity index (χ0v) is 14.2. The SMILES string of the molecule is CCN(C#N)C(=O)C(CC)(CC)Cc1csc2ccccc12. The van der Waals surface area contributed by atoms with Gasteiger partial charge in [-0.25, -0.2) is 4.90 Å². The summed E-state index contributed by atoms with van der Waals surface area (Å²) >= 11 is 1.72. The molecule has 116 valence electrons. The number of amides is 1. The molecule has 0 saturated carbocycles. The van der Waals surface area contributed by atoms with Crippen LogP contribution in [0.1, 0.15) is 39.2 Å². The first-order chi connectivity index (χ1) is 10.6. The summed E-state index contributed by atoms with van der Waals surface area (Å²) in [5, 5.41) is 12.6. The lowest BCUT2D eigenvalue weighted by Crippen LogP contribution is -2.42. The molecule has 0 atom stereocenters. The molecule has 0 aliphatic rings. The summed E-state index contributed by atoms with van der Waals surface area (Å²) in [6.07, 6.45) is 4.21. The standard InChI is InChI=1S/C18H22N2OS/c1-4-18(5-2,17(21)20(6-3)13-19)11-14-12-22-16-10-8-7-9-15(14)16/h7-10,12H,4-6,11H2,1-3H3. The highest BCUT2D eigenvalue weighted by molar-refractivity contribution is 7.17. The molecule has 3 nitrogen and oxygen atoms in total. The van der Waals surface area contributed by atoms with Gasteiger partial charge in [0, 0.05) is 11.2 Å². The van der Waals surface area contributed by atoms with Gasteiger partial charge in [0.05, 0.1) is 5.41 Å². The molecule has 0 aliphatic heterocycles. The smallest absolute Gasteiger partial charge is 0.242 e. The molecule has 0 N–H and O–H groups in total. The molecule has 2 rings (SSSR count). The molecule has 22 heavy (non-hydrogen) atoms. The minimum atomic E-state index is -0.490. The Morgan fingerprint density at radius 3 is 2.55 bits per heavy atom. The number of fused-ring (bicyclic) bond motifs is 1. The van der Waals surface area contributed by atoms with E-state index in [0.29, 0.717) is 13.0 Å². The third-order valence-electron chi connectivity index (χ3n) is 4.58. The van der Waals surface area contributed by atoms with Crippen molar-refractivity contribution in [3.63, 3.8) is 0 Å². The van der Waals surface area contributed by atoms with Crippen LogP contribution >= 0.6 is 11.3 Å². The van der Waals surface area contributed by atoms with E-state index in [1.807, 2.05) is 39.1 Å². The Balaban J connectivity index is 2.40. The van der Waals surface area contributed by atoms with Crippen LogP contribution in [0, 0.1) is 16.9 Å². The number of nitriles is 1. The van der Waals surface area contributed by atoms with E-state index in [1.165, 1.54) is 20.5 Å². The Kier molecular flexibility index (Phi) is 5.20. The summed E-state index contributed by atoms with van der Waals surface area (Å²) < 4.78 is 1.25. The van der Waals surface area contributed by atoms with Crippen LogP contribution in [0.15, 0.2) is 29.6 Å². The first-order valence-corrected chi connectivity index (χ1v) is 8.66. The van der Waals surface area contributed by atoms with Crippen molar-refractivity contribution in [3.8, 4) is 6.19 Å². The van der Waals surface area contributed by atoms with Crippen LogP contribution in [0.3, 0.4) is 0 Å². The molecule has 0 bridgehead atoms. The molecule has 1 aromatic heterocycles. The number of carbonyl (C=O) groups excluding carboxylic acids is 1. The predicted octanol–water partition coefficient (Wildman–Crippen LogP) is 4.58. The van der Waals surface area contributed by atoms with Crippen LogP contribution in [-0.4, -0.2) is 17.4 Å². The number of rotatable bonds is 6. The van der Waals surface area contributed by atoms with Crippen molar-refractivity contribution in [2.24, 2.45) is 5.41 Å². The van der Waals surface area contributed by atoms with Crippen molar-refractivity contribution in [3.05, 3.63) is 35.2 Å². The van der Waals surface area contributed by atoms with Crippen molar-refractivity contribution in [2.75, 3.05) is 6.54 Å². The van der Waals surface area contributed by atoms with Crippen molar-refractivity contribution in [1.29, 1.82) is 5.26 Å². The van der Waals surface area contributed by atoms with E-state index in [2.05, 4.69) is 17.5 Å². The first kappa shape index (κ1) is 16.5. The lowest BCUT2D eigenvalue weighted by Gasteiger charge is -2.32. The maximum atomic E-state index is 12.9. The lowest BCUT2D eigenvalue weighted by atomic mass is 9.75. The third kappa shape index (κ3) is 2.86. The van der Waals surface area contributed by atoms with E-state index in [0.717, 1.165) is 12.8 Å². The van der Waals surface area contributed by atoms with Crippen LogP contribution in [0.2, 0.25) is 0 Å². The van der Waals surface area contributed by atoms with Crippen molar-refractivity contribution in [1.82, 2.24) is 4.90 Å². The van der Waals surface area contributed by atoms with Crippen LogP contribution < -0.4 is 0 Å².